The van der Waals surface area contributed by atoms with Gasteiger partial charge >= 0.3 is 0 Å². The zero-order valence-electron chi connectivity index (χ0n) is 17.8. The minimum Gasteiger partial charge on any atom is -0.497 e. The van der Waals surface area contributed by atoms with E-state index in [0.717, 1.165) is 11.3 Å². The molecule has 1 aliphatic rings. The summed E-state index contributed by atoms with van der Waals surface area (Å²) in [6.45, 7) is 1.52. The van der Waals surface area contributed by atoms with Gasteiger partial charge in [0.2, 0.25) is 11.8 Å². The van der Waals surface area contributed by atoms with Crippen LogP contribution in [0.25, 0.3) is 0 Å². The average Bonchev–Trinajstić information content (AvgIpc) is 3.40. The van der Waals surface area contributed by atoms with E-state index in [1.54, 1.807) is 30.2 Å². The van der Waals surface area contributed by atoms with Crippen molar-refractivity contribution >= 4 is 17.5 Å². The first-order valence-electron chi connectivity index (χ1n) is 10.3. The quantitative estimate of drug-likeness (QED) is 0.592. The smallest absolute Gasteiger partial charge is 0.228 e. The van der Waals surface area contributed by atoms with Gasteiger partial charge in [0, 0.05) is 50.1 Å². The predicted octanol–water partition coefficient (Wildman–Crippen LogP) is 2.95. The van der Waals surface area contributed by atoms with Crippen molar-refractivity contribution < 1.29 is 14.3 Å². The van der Waals surface area contributed by atoms with Crippen molar-refractivity contribution in [3.63, 3.8) is 0 Å². The van der Waals surface area contributed by atoms with Crippen LogP contribution in [0.1, 0.15) is 17.5 Å². The molecule has 1 unspecified atom stereocenters. The Morgan fingerprint density at radius 2 is 1.97 bits per heavy atom. The summed E-state index contributed by atoms with van der Waals surface area (Å²) in [4.78, 5) is 28.9. The van der Waals surface area contributed by atoms with Crippen LogP contribution in [0.5, 0.6) is 5.75 Å². The molecule has 0 N–H and O–H groups in total. The minimum absolute atomic E-state index is 0.0328. The highest BCUT2D eigenvalue weighted by molar-refractivity contribution is 6.00. The van der Waals surface area contributed by atoms with Crippen LogP contribution in [0, 0.1) is 5.92 Å². The highest BCUT2D eigenvalue weighted by Gasteiger charge is 2.36. The Hall–Kier alpha value is -3.61. The largest absolute Gasteiger partial charge is 0.497 e. The van der Waals surface area contributed by atoms with Gasteiger partial charge in [0.05, 0.1) is 25.8 Å². The number of rotatable bonds is 7. The topological polar surface area (TPSA) is 67.7 Å². The van der Waals surface area contributed by atoms with Crippen molar-refractivity contribution in [3.05, 3.63) is 78.1 Å². The number of hydrogen-bond acceptors (Lipinski definition) is 4. The number of carbonyl (C=O) groups excluding carboxylic acids is 2. The highest BCUT2D eigenvalue weighted by atomic mass is 16.5. The third-order valence-corrected chi connectivity index (χ3v) is 5.51. The van der Waals surface area contributed by atoms with E-state index < -0.39 is 0 Å². The van der Waals surface area contributed by atoms with Gasteiger partial charge in [-0.25, -0.2) is 0 Å². The van der Waals surface area contributed by atoms with E-state index >= 15 is 0 Å². The van der Waals surface area contributed by atoms with E-state index in [9.17, 15) is 9.59 Å². The van der Waals surface area contributed by atoms with Gasteiger partial charge in [-0.2, -0.15) is 5.10 Å². The molecule has 7 nitrogen and oxygen atoms in total. The van der Waals surface area contributed by atoms with Crippen LogP contribution in [0.2, 0.25) is 0 Å². The van der Waals surface area contributed by atoms with Crippen molar-refractivity contribution in [1.82, 2.24) is 14.7 Å². The Bertz CT molecular complexity index is 1060. The molecule has 0 aliphatic carbocycles. The maximum Gasteiger partial charge on any atom is 0.228 e. The fraction of sp³-hybridized carbons (Fsp3) is 0.292. The Morgan fingerprint density at radius 1 is 1.16 bits per heavy atom. The summed E-state index contributed by atoms with van der Waals surface area (Å²) < 4.78 is 7.11. The van der Waals surface area contributed by atoms with Crippen LogP contribution in [0.3, 0.4) is 0 Å². The monoisotopic (exact) mass is 418 g/mol. The molecule has 0 radical (unpaired) electrons. The molecule has 4 rings (SSSR count). The molecule has 1 aromatic heterocycles. The number of anilines is 1. The lowest BCUT2D eigenvalue weighted by Gasteiger charge is -2.21. The Morgan fingerprint density at radius 3 is 2.74 bits per heavy atom. The number of ether oxygens (including phenoxy) is 1. The highest BCUT2D eigenvalue weighted by Crippen LogP contribution is 2.28. The molecule has 2 heterocycles. The van der Waals surface area contributed by atoms with Crippen molar-refractivity contribution in [2.24, 2.45) is 5.92 Å². The van der Waals surface area contributed by atoms with E-state index in [1.807, 2.05) is 53.3 Å². The zero-order valence-corrected chi connectivity index (χ0v) is 17.8. The van der Waals surface area contributed by atoms with Gasteiger partial charge in [-0.05, 0) is 17.7 Å². The summed E-state index contributed by atoms with van der Waals surface area (Å²) in [5.41, 5.74) is 2.88. The number of benzene rings is 2. The number of nitrogens with zero attached hydrogens (tertiary/aromatic N) is 4. The van der Waals surface area contributed by atoms with Gasteiger partial charge in [0.1, 0.15) is 5.75 Å². The molecule has 7 heteroatoms. The third kappa shape index (κ3) is 4.77. The Kier molecular flexibility index (Phi) is 6.02. The summed E-state index contributed by atoms with van der Waals surface area (Å²) >= 11 is 0. The summed E-state index contributed by atoms with van der Waals surface area (Å²) in [7, 11) is 3.36. The SMILES string of the molecule is COc1cccc(N2CC(C(=O)N(C)Cc3cnn(Cc4ccccc4)c3)CC2=O)c1. The van der Waals surface area contributed by atoms with Gasteiger partial charge in [-0.3, -0.25) is 14.3 Å². The van der Waals surface area contributed by atoms with Crippen molar-refractivity contribution in [1.29, 1.82) is 0 Å². The minimum atomic E-state index is -0.358. The number of carbonyl (C=O) groups is 2. The van der Waals surface area contributed by atoms with Crippen LogP contribution in [0.4, 0.5) is 5.69 Å². The molecular weight excluding hydrogens is 392 g/mol. The van der Waals surface area contributed by atoms with Crippen molar-refractivity contribution in [3.8, 4) is 5.75 Å². The lowest BCUT2D eigenvalue weighted by atomic mass is 10.1. The lowest BCUT2D eigenvalue weighted by Crippen LogP contribution is -2.34. The van der Waals surface area contributed by atoms with Crippen LogP contribution in [0.15, 0.2) is 67.0 Å². The Labute approximate surface area is 181 Å². The number of hydrogen-bond donors (Lipinski definition) is 0. The van der Waals surface area contributed by atoms with Crippen molar-refractivity contribution in [2.75, 3.05) is 25.6 Å². The van der Waals surface area contributed by atoms with Crippen LogP contribution in [-0.4, -0.2) is 47.2 Å². The van der Waals surface area contributed by atoms with Crippen molar-refractivity contribution in [2.45, 2.75) is 19.5 Å². The van der Waals surface area contributed by atoms with Gasteiger partial charge in [0.25, 0.3) is 0 Å². The normalized spacial score (nSPS) is 15.9. The van der Waals surface area contributed by atoms with E-state index in [4.69, 9.17) is 4.74 Å². The third-order valence-electron chi connectivity index (χ3n) is 5.51. The maximum atomic E-state index is 13.0. The van der Waals surface area contributed by atoms with Gasteiger partial charge in [0.15, 0.2) is 0 Å². The van der Waals surface area contributed by atoms with Gasteiger partial charge in [-0.15, -0.1) is 0 Å². The molecule has 1 saturated heterocycles. The van der Waals surface area contributed by atoms with Gasteiger partial charge in [-0.1, -0.05) is 36.4 Å². The summed E-state index contributed by atoms with van der Waals surface area (Å²) in [5.74, 6) is 0.248. The molecular formula is C24H26N4O3. The average molecular weight is 418 g/mol. The zero-order chi connectivity index (χ0) is 21.8. The van der Waals surface area contributed by atoms with Gasteiger partial charge < -0.3 is 14.5 Å². The molecule has 1 atom stereocenters. The number of aromatic nitrogens is 2. The summed E-state index contributed by atoms with van der Waals surface area (Å²) in [6.07, 6.45) is 3.96. The second-order valence-electron chi connectivity index (χ2n) is 7.83. The first kappa shape index (κ1) is 20.7. The fourth-order valence-electron chi connectivity index (χ4n) is 3.91. The lowest BCUT2D eigenvalue weighted by molar-refractivity contribution is -0.135. The summed E-state index contributed by atoms with van der Waals surface area (Å²) in [6, 6.07) is 17.5. The second-order valence-corrected chi connectivity index (χ2v) is 7.83. The van der Waals surface area contributed by atoms with E-state index in [2.05, 4.69) is 17.2 Å². The number of amides is 2. The van der Waals surface area contributed by atoms with Crippen LogP contribution >= 0.6 is 0 Å². The molecule has 0 spiro atoms. The van der Waals surface area contributed by atoms with Crippen LogP contribution in [-0.2, 0) is 22.7 Å². The molecule has 1 fully saturated rings. The van der Waals surface area contributed by atoms with E-state index in [-0.39, 0.29) is 24.2 Å². The first-order valence-corrected chi connectivity index (χ1v) is 10.3. The molecule has 0 saturated carbocycles. The standard InChI is InChI=1S/C24H26N4O3/c1-26(14-19-13-25-27(16-19)15-18-7-4-3-5-8-18)24(30)20-11-23(29)28(17-20)21-9-6-10-22(12-21)31-2/h3-10,12-13,16,20H,11,14-15,17H2,1-2H3. The molecule has 2 aromatic carbocycles. The summed E-state index contributed by atoms with van der Waals surface area (Å²) in [5, 5.41) is 4.41. The fourth-order valence-corrected chi connectivity index (χ4v) is 3.91. The number of methoxy groups -OCH3 is 1. The predicted molar refractivity (Wildman–Crippen MR) is 118 cm³/mol. The molecule has 31 heavy (non-hydrogen) atoms. The maximum absolute atomic E-state index is 13.0. The molecule has 160 valence electrons. The van der Waals surface area contributed by atoms with Crippen LogP contribution < -0.4 is 9.64 Å². The first-order chi connectivity index (χ1) is 15.0. The molecule has 3 aromatic rings. The van der Waals surface area contributed by atoms with E-state index in [1.165, 1.54) is 5.56 Å². The molecule has 0 bridgehead atoms. The molecule has 1 aliphatic heterocycles. The molecule has 2 amide bonds. The van der Waals surface area contributed by atoms with E-state index in [0.29, 0.717) is 25.4 Å². The Balaban J connectivity index is 1.37. The second kappa shape index (κ2) is 9.04.